The van der Waals surface area contributed by atoms with Crippen LogP contribution in [0.25, 0.3) is 0 Å². The van der Waals surface area contributed by atoms with Gasteiger partial charge in [-0.25, -0.2) is 0 Å². The highest BCUT2D eigenvalue weighted by atomic mass is 15.3. The molecule has 18 heavy (non-hydrogen) atoms. The van der Waals surface area contributed by atoms with Gasteiger partial charge in [-0.2, -0.15) is 5.10 Å². The fourth-order valence-electron chi connectivity index (χ4n) is 3.49. The van der Waals surface area contributed by atoms with Crippen molar-refractivity contribution >= 4 is 0 Å². The Morgan fingerprint density at radius 2 is 2.06 bits per heavy atom. The number of aromatic nitrogens is 2. The summed E-state index contributed by atoms with van der Waals surface area (Å²) in [7, 11) is 2.08. The molecule has 0 bridgehead atoms. The summed E-state index contributed by atoms with van der Waals surface area (Å²) in [5.74, 6) is 0. The summed E-state index contributed by atoms with van der Waals surface area (Å²) in [4.78, 5) is 0. The molecule has 2 rings (SSSR count). The minimum Gasteiger partial charge on any atom is -0.319 e. The van der Waals surface area contributed by atoms with E-state index in [1.54, 1.807) is 0 Å². The second kappa shape index (κ2) is 5.87. The van der Waals surface area contributed by atoms with Gasteiger partial charge >= 0.3 is 0 Å². The summed E-state index contributed by atoms with van der Waals surface area (Å²) in [5, 5.41) is 8.00. The van der Waals surface area contributed by atoms with Gasteiger partial charge in [0, 0.05) is 18.8 Å². The molecule has 0 saturated heterocycles. The lowest BCUT2D eigenvalue weighted by molar-refractivity contribution is 0.181. The van der Waals surface area contributed by atoms with Crippen molar-refractivity contribution < 1.29 is 0 Å². The Kier molecular flexibility index (Phi) is 4.44. The maximum atomic E-state index is 4.58. The van der Waals surface area contributed by atoms with Crippen LogP contribution in [0.4, 0.5) is 0 Å². The number of hydrogen-bond donors (Lipinski definition) is 1. The fourth-order valence-corrected chi connectivity index (χ4v) is 3.49. The summed E-state index contributed by atoms with van der Waals surface area (Å²) in [6.45, 7) is 6.41. The molecule has 1 aromatic rings. The molecular weight excluding hydrogens is 222 g/mol. The topological polar surface area (TPSA) is 29.9 Å². The predicted molar refractivity (Wildman–Crippen MR) is 75.8 cm³/mol. The van der Waals surface area contributed by atoms with Gasteiger partial charge in [-0.3, -0.25) is 4.68 Å². The highest BCUT2D eigenvalue weighted by Crippen LogP contribution is 2.38. The third kappa shape index (κ3) is 2.94. The Labute approximate surface area is 111 Å². The lowest BCUT2D eigenvalue weighted by atomic mass is 9.71. The summed E-state index contributed by atoms with van der Waals surface area (Å²) >= 11 is 0. The molecule has 0 aliphatic heterocycles. The van der Waals surface area contributed by atoms with Crippen LogP contribution >= 0.6 is 0 Å². The van der Waals surface area contributed by atoms with E-state index in [9.17, 15) is 0 Å². The Morgan fingerprint density at radius 1 is 1.33 bits per heavy atom. The number of hydrogen-bond acceptors (Lipinski definition) is 2. The van der Waals surface area contributed by atoms with Gasteiger partial charge in [-0.05, 0) is 51.6 Å². The van der Waals surface area contributed by atoms with Crippen molar-refractivity contribution in [2.24, 2.45) is 5.41 Å². The normalized spacial score (nSPS) is 19.1. The quantitative estimate of drug-likeness (QED) is 0.869. The minimum absolute atomic E-state index is 0.465. The van der Waals surface area contributed by atoms with Gasteiger partial charge in [0.15, 0.2) is 0 Å². The van der Waals surface area contributed by atoms with E-state index in [4.69, 9.17) is 0 Å². The molecule has 1 aliphatic carbocycles. The molecule has 0 unspecified atom stereocenters. The monoisotopic (exact) mass is 249 g/mol. The summed E-state index contributed by atoms with van der Waals surface area (Å²) in [6.07, 6.45) is 8.10. The molecule has 0 radical (unpaired) electrons. The maximum absolute atomic E-state index is 4.58. The first-order chi connectivity index (χ1) is 8.69. The van der Waals surface area contributed by atoms with Crippen molar-refractivity contribution in [1.29, 1.82) is 0 Å². The van der Waals surface area contributed by atoms with E-state index in [-0.39, 0.29) is 0 Å². The van der Waals surface area contributed by atoms with Crippen molar-refractivity contribution in [3.63, 3.8) is 0 Å². The average molecular weight is 249 g/mol. The number of nitrogens with zero attached hydrogens (tertiary/aromatic N) is 2. The van der Waals surface area contributed by atoms with Crippen LogP contribution in [-0.2, 0) is 13.0 Å². The third-order valence-electron chi connectivity index (χ3n) is 4.31. The van der Waals surface area contributed by atoms with Crippen LogP contribution in [0.5, 0.6) is 0 Å². The smallest absolute Gasteiger partial charge is 0.0596 e. The summed E-state index contributed by atoms with van der Waals surface area (Å²) in [6, 6.07) is 2.27. The predicted octanol–water partition coefficient (Wildman–Crippen LogP) is 2.92. The zero-order chi connectivity index (χ0) is 13.0. The van der Waals surface area contributed by atoms with Crippen molar-refractivity contribution in [2.45, 2.75) is 58.9 Å². The van der Waals surface area contributed by atoms with Crippen LogP contribution in [0.15, 0.2) is 6.07 Å². The Balaban J connectivity index is 2.16. The minimum atomic E-state index is 0.465. The molecule has 0 aromatic carbocycles. The Morgan fingerprint density at radius 3 is 2.67 bits per heavy atom. The van der Waals surface area contributed by atoms with E-state index < -0.39 is 0 Å². The first-order valence-corrected chi connectivity index (χ1v) is 7.37. The van der Waals surface area contributed by atoms with E-state index >= 15 is 0 Å². The number of aryl methyl sites for hydroxylation is 2. The lowest BCUT2D eigenvalue weighted by Crippen LogP contribution is -2.37. The van der Waals surface area contributed by atoms with Crippen molar-refractivity contribution in [2.75, 3.05) is 13.6 Å². The van der Waals surface area contributed by atoms with E-state index in [0.29, 0.717) is 5.41 Å². The van der Waals surface area contributed by atoms with E-state index in [1.807, 2.05) is 0 Å². The SMILES string of the molecule is CCn1nc(C)cc1CC1(CNC)CCCCC1. The second-order valence-electron chi connectivity index (χ2n) is 5.86. The van der Waals surface area contributed by atoms with Gasteiger partial charge in [0.1, 0.15) is 0 Å². The molecule has 0 atom stereocenters. The molecule has 102 valence electrons. The molecule has 3 nitrogen and oxygen atoms in total. The van der Waals surface area contributed by atoms with E-state index in [2.05, 4.69) is 42.1 Å². The summed E-state index contributed by atoms with van der Waals surface area (Å²) < 4.78 is 2.18. The molecule has 1 aliphatic rings. The van der Waals surface area contributed by atoms with Gasteiger partial charge in [-0.15, -0.1) is 0 Å². The first kappa shape index (κ1) is 13.6. The van der Waals surface area contributed by atoms with Crippen LogP contribution in [0, 0.1) is 12.3 Å². The Bertz CT molecular complexity index is 370. The van der Waals surface area contributed by atoms with Crippen molar-refractivity contribution in [3.8, 4) is 0 Å². The standard InChI is InChI=1S/C15H27N3/c1-4-18-14(10-13(2)17-18)11-15(12-16-3)8-6-5-7-9-15/h10,16H,4-9,11-12H2,1-3H3. The van der Waals surface area contributed by atoms with Crippen molar-refractivity contribution in [3.05, 3.63) is 17.5 Å². The Hall–Kier alpha value is -0.830. The molecule has 0 amide bonds. The zero-order valence-electron chi connectivity index (χ0n) is 12.1. The fraction of sp³-hybridized carbons (Fsp3) is 0.800. The van der Waals surface area contributed by atoms with Gasteiger partial charge in [0.25, 0.3) is 0 Å². The van der Waals surface area contributed by atoms with Gasteiger partial charge < -0.3 is 5.32 Å². The molecule has 3 heteroatoms. The van der Waals surface area contributed by atoms with E-state index in [0.717, 1.165) is 18.8 Å². The molecule has 1 N–H and O–H groups in total. The highest BCUT2D eigenvalue weighted by Gasteiger charge is 2.32. The van der Waals surface area contributed by atoms with Crippen LogP contribution in [0.1, 0.15) is 50.4 Å². The molecule has 1 saturated carbocycles. The van der Waals surface area contributed by atoms with Gasteiger partial charge in [-0.1, -0.05) is 19.3 Å². The van der Waals surface area contributed by atoms with Crippen molar-refractivity contribution in [1.82, 2.24) is 15.1 Å². The highest BCUT2D eigenvalue weighted by molar-refractivity contribution is 5.12. The lowest BCUT2D eigenvalue weighted by Gasteiger charge is -2.37. The second-order valence-corrected chi connectivity index (χ2v) is 5.86. The molecule has 1 aromatic heterocycles. The molecule has 0 spiro atoms. The summed E-state index contributed by atoms with van der Waals surface area (Å²) in [5.41, 5.74) is 3.04. The van der Waals surface area contributed by atoms with Crippen LogP contribution < -0.4 is 5.32 Å². The average Bonchev–Trinajstić information content (AvgIpc) is 2.70. The zero-order valence-corrected chi connectivity index (χ0v) is 12.1. The van der Waals surface area contributed by atoms with Crippen LogP contribution in [0.2, 0.25) is 0 Å². The molecular formula is C15H27N3. The largest absolute Gasteiger partial charge is 0.319 e. The molecule has 1 heterocycles. The third-order valence-corrected chi connectivity index (χ3v) is 4.31. The number of nitrogens with one attached hydrogen (secondary N) is 1. The molecule has 1 fully saturated rings. The van der Waals surface area contributed by atoms with Gasteiger partial charge in [0.05, 0.1) is 5.69 Å². The van der Waals surface area contributed by atoms with Gasteiger partial charge in [0.2, 0.25) is 0 Å². The van der Waals surface area contributed by atoms with Crippen LogP contribution in [0.3, 0.4) is 0 Å². The number of rotatable bonds is 5. The first-order valence-electron chi connectivity index (χ1n) is 7.37. The van der Waals surface area contributed by atoms with Crippen LogP contribution in [-0.4, -0.2) is 23.4 Å². The van der Waals surface area contributed by atoms with E-state index in [1.165, 1.54) is 44.2 Å². The maximum Gasteiger partial charge on any atom is 0.0596 e.